The molecule has 0 amide bonds. The molecule has 1 unspecified atom stereocenters. The second-order valence-electron chi connectivity index (χ2n) is 1.46. The van der Waals surface area contributed by atoms with Gasteiger partial charge in [0.25, 0.3) is 0 Å². The van der Waals surface area contributed by atoms with E-state index >= 15 is 0 Å². The minimum Gasteiger partial charge on any atom is -0.426 e. The van der Waals surface area contributed by atoms with Gasteiger partial charge in [-0.05, 0) is 6.42 Å². The Bertz CT molecular complexity index is 42.7. The van der Waals surface area contributed by atoms with Crippen LogP contribution in [-0.4, -0.2) is 21.9 Å². The van der Waals surface area contributed by atoms with E-state index in [1.54, 1.807) is 7.11 Å². The molecule has 7 heavy (non-hydrogen) atoms. The van der Waals surface area contributed by atoms with E-state index in [1.807, 2.05) is 0 Å². The van der Waals surface area contributed by atoms with Crippen molar-refractivity contribution in [1.29, 1.82) is 0 Å². The van der Waals surface area contributed by atoms with Crippen molar-refractivity contribution in [3.63, 3.8) is 0 Å². The fourth-order valence-corrected chi connectivity index (χ4v) is 1.27. The van der Waals surface area contributed by atoms with Gasteiger partial charge in [0, 0.05) is 12.1 Å². The van der Waals surface area contributed by atoms with Crippen LogP contribution in [0.4, 0.5) is 0 Å². The fourth-order valence-electron chi connectivity index (χ4n) is 0.299. The van der Waals surface area contributed by atoms with Crippen molar-refractivity contribution in [3.8, 4) is 0 Å². The molecule has 1 atom stereocenters. The lowest BCUT2D eigenvalue weighted by atomic mass is 10.6. The molecule has 44 valence electrons. The van der Waals surface area contributed by atoms with Gasteiger partial charge in [-0.2, -0.15) is 0 Å². The second kappa shape index (κ2) is 4.62. The van der Waals surface area contributed by atoms with E-state index in [0.717, 1.165) is 6.42 Å². The van der Waals surface area contributed by atoms with E-state index in [9.17, 15) is 0 Å². The van der Waals surface area contributed by atoms with Gasteiger partial charge in [-0.1, -0.05) is 6.92 Å². The molecule has 0 fully saturated rings. The number of hydrogen-bond acceptors (Lipinski definition) is 1. The largest absolute Gasteiger partial charge is 0.426 e. The van der Waals surface area contributed by atoms with Crippen LogP contribution in [0.3, 0.4) is 0 Å². The molecule has 0 rings (SSSR count). The molecule has 0 aromatic carbocycles. The molecule has 0 bridgehead atoms. The summed E-state index contributed by atoms with van der Waals surface area (Å²) in [5.41, 5.74) is 0. The summed E-state index contributed by atoms with van der Waals surface area (Å²) in [7, 11) is 1.33. The van der Waals surface area contributed by atoms with E-state index < -0.39 is 0 Å². The fraction of sp³-hybridized carbons (Fsp3) is 1.00. The molecule has 0 saturated carbocycles. The Morgan fingerprint density at radius 1 is 1.86 bits per heavy atom. The molecule has 0 heterocycles. The zero-order chi connectivity index (χ0) is 5.70. The van der Waals surface area contributed by atoms with Crippen LogP contribution in [0.2, 0.25) is 0 Å². The van der Waals surface area contributed by atoms with Crippen LogP contribution >= 0.6 is 11.6 Å². The molecule has 3 heteroatoms. The van der Waals surface area contributed by atoms with Crippen molar-refractivity contribution >= 4 is 21.4 Å². The summed E-state index contributed by atoms with van der Waals surface area (Å²) in [5.74, 6) is 0. The Morgan fingerprint density at radius 2 is 2.43 bits per heavy atom. The first-order chi connectivity index (χ1) is 3.31. The van der Waals surface area contributed by atoms with Gasteiger partial charge >= 0.3 is 0 Å². The summed E-state index contributed by atoms with van der Waals surface area (Å²) >= 11 is 5.70. The third-order valence-corrected chi connectivity index (χ3v) is 2.75. The number of halogens is 1. The summed E-state index contributed by atoms with van der Waals surface area (Å²) in [6.45, 7) is 2.07. The maximum absolute atomic E-state index is 5.70. The minimum absolute atomic E-state index is 0.338. The highest BCUT2D eigenvalue weighted by atomic mass is 35.5. The number of alkyl halides is 1. The molecular formula is C4H11ClOSi. The molecule has 0 aromatic heterocycles. The number of hydrogen-bond donors (Lipinski definition) is 0. The Morgan fingerprint density at radius 3 is 2.57 bits per heavy atom. The average molecular weight is 139 g/mol. The van der Waals surface area contributed by atoms with Gasteiger partial charge in [0.15, 0.2) is 9.76 Å². The van der Waals surface area contributed by atoms with Crippen LogP contribution in [0.15, 0.2) is 0 Å². The summed E-state index contributed by atoms with van der Waals surface area (Å²) < 4.78 is 4.90. The van der Waals surface area contributed by atoms with Gasteiger partial charge in [0.1, 0.15) is 0 Å². The quantitative estimate of drug-likeness (QED) is 0.412. The lowest BCUT2D eigenvalue weighted by Gasteiger charge is -1.99. The van der Waals surface area contributed by atoms with E-state index in [2.05, 4.69) is 6.92 Å². The first-order valence-electron chi connectivity index (χ1n) is 2.44. The lowest BCUT2D eigenvalue weighted by Crippen LogP contribution is -2.09. The SMILES string of the molecule is CCC(Cl)[SiH2]OC. The van der Waals surface area contributed by atoms with E-state index in [-0.39, 0.29) is 9.76 Å². The molecule has 1 nitrogen and oxygen atoms in total. The molecule has 0 aliphatic heterocycles. The van der Waals surface area contributed by atoms with Crippen molar-refractivity contribution < 1.29 is 4.43 Å². The van der Waals surface area contributed by atoms with Crippen molar-refractivity contribution in [2.75, 3.05) is 7.11 Å². The summed E-state index contributed by atoms with van der Waals surface area (Å²) in [6, 6.07) is 0. The lowest BCUT2D eigenvalue weighted by molar-refractivity contribution is 0.438. The van der Waals surface area contributed by atoms with E-state index in [1.165, 1.54) is 0 Å². The second-order valence-corrected chi connectivity index (χ2v) is 4.49. The summed E-state index contributed by atoms with van der Waals surface area (Å²) in [6.07, 6.45) is 1.04. The Labute approximate surface area is 51.9 Å². The maximum Gasteiger partial charge on any atom is 0.178 e. The van der Waals surface area contributed by atoms with Crippen LogP contribution in [0, 0.1) is 0 Å². The van der Waals surface area contributed by atoms with Crippen LogP contribution in [0.25, 0.3) is 0 Å². The monoisotopic (exact) mass is 138 g/mol. The Hall–Kier alpha value is 0.467. The van der Waals surface area contributed by atoms with Gasteiger partial charge in [0.2, 0.25) is 0 Å². The molecule has 0 radical (unpaired) electrons. The van der Waals surface area contributed by atoms with Crippen LogP contribution < -0.4 is 0 Å². The molecule has 0 N–H and O–H groups in total. The predicted octanol–water partition coefficient (Wildman–Crippen LogP) is 0.691. The Kier molecular flexibility index (Phi) is 4.93. The minimum atomic E-state index is -0.389. The molecule has 0 aliphatic carbocycles. The zero-order valence-electron chi connectivity index (χ0n) is 4.78. The van der Waals surface area contributed by atoms with Crippen LogP contribution in [-0.2, 0) is 4.43 Å². The van der Waals surface area contributed by atoms with Crippen molar-refractivity contribution in [2.24, 2.45) is 0 Å². The average Bonchev–Trinajstić information content (AvgIpc) is 1.68. The normalized spacial score (nSPS) is 15.9. The third kappa shape index (κ3) is 4.32. The van der Waals surface area contributed by atoms with Crippen molar-refractivity contribution in [1.82, 2.24) is 0 Å². The molecule has 0 aliphatic rings. The molecule has 0 aromatic rings. The summed E-state index contributed by atoms with van der Waals surface area (Å²) in [4.78, 5) is 0. The maximum atomic E-state index is 5.70. The Balaban J connectivity index is 2.83. The van der Waals surface area contributed by atoms with E-state index in [0.29, 0.717) is 5.00 Å². The van der Waals surface area contributed by atoms with Gasteiger partial charge in [-0.15, -0.1) is 11.6 Å². The van der Waals surface area contributed by atoms with Gasteiger partial charge in [-0.25, -0.2) is 0 Å². The van der Waals surface area contributed by atoms with Crippen molar-refractivity contribution in [3.05, 3.63) is 0 Å². The highest BCUT2D eigenvalue weighted by Crippen LogP contribution is 1.96. The van der Waals surface area contributed by atoms with Gasteiger partial charge < -0.3 is 4.43 Å². The first kappa shape index (κ1) is 7.47. The third-order valence-electron chi connectivity index (χ3n) is 0.790. The molecular weight excluding hydrogens is 128 g/mol. The smallest absolute Gasteiger partial charge is 0.178 e. The molecule has 0 spiro atoms. The van der Waals surface area contributed by atoms with Crippen LogP contribution in [0.5, 0.6) is 0 Å². The van der Waals surface area contributed by atoms with Gasteiger partial charge in [-0.3, -0.25) is 0 Å². The zero-order valence-corrected chi connectivity index (χ0v) is 6.95. The van der Waals surface area contributed by atoms with E-state index in [4.69, 9.17) is 16.0 Å². The first-order valence-corrected chi connectivity index (χ1v) is 4.27. The standard InChI is InChI=1S/C4H11ClOSi/c1-3-4(5)7-6-2/h4H,3,7H2,1-2H3. The van der Waals surface area contributed by atoms with Crippen LogP contribution in [0.1, 0.15) is 13.3 Å². The number of rotatable bonds is 3. The highest BCUT2D eigenvalue weighted by molar-refractivity contribution is 6.48. The summed E-state index contributed by atoms with van der Waals surface area (Å²) in [5, 5.41) is 0.338. The predicted molar refractivity (Wildman–Crippen MR) is 35.5 cm³/mol. The topological polar surface area (TPSA) is 9.23 Å². The molecule has 0 saturated heterocycles. The van der Waals surface area contributed by atoms with Crippen molar-refractivity contribution in [2.45, 2.75) is 18.3 Å². The highest BCUT2D eigenvalue weighted by Gasteiger charge is 1.98. The van der Waals surface area contributed by atoms with Gasteiger partial charge in [0.05, 0.1) is 0 Å².